The number of carbonyl (C=O) groups is 1. The number of piperidine rings is 1. The van der Waals surface area contributed by atoms with Crippen LogP contribution < -0.4 is 10.2 Å². The molecule has 0 atom stereocenters. The highest BCUT2D eigenvalue weighted by Gasteiger charge is 2.30. The molecule has 0 unspecified atom stereocenters. The van der Waals surface area contributed by atoms with Gasteiger partial charge in [0.05, 0.1) is 18.1 Å². The molecule has 1 aromatic heterocycles. The summed E-state index contributed by atoms with van der Waals surface area (Å²) in [4.78, 5) is 19.8. The van der Waals surface area contributed by atoms with Crippen molar-refractivity contribution in [1.29, 1.82) is 0 Å². The van der Waals surface area contributed by atoms with Crippen molar-refractivity contribution in [3.05, 3.63) is 52.7 Å². The minimum atomic E-state index is -3.65. The van der Waals surface area contributed by atoms with E-state index in [4.69, 9.17) is 4.74 Å². The van der Waals surface area contributed by atoms with Crippen molar-refractivity contribution in [2.24, 2.45) is 5.92 Å². The number of hydrogen-bond acceptors (Lipinski definition) is 6. The topological polar surface area (TPSA) is 91.8 Å². The van der Waals surface area contributed by atoms with Crippen LogP contribution in [0.4, 0.5) is 5.82 Å². The molecular formula is C25H34N4O4S. The van der Waals surface area contributed by atoms with Crippen LogP contribution in [0, 0.1) is 19.8 Å². The van der Waals surface area contributed by atoms with Gasteiger partial charge >= 0.3 is 0 Å². The molecule has 34 heavy (non-hydrogen) atoms. The number of carbonyl (C=O) groups excluding carboxylic acids is 1. The standard InChI is InChI=1S/C25H34N4O4S/c1-18-5-8-29(9-6-18)34(31,32)23-16-22(14-19(2)20(23)3)25(30)27-17-21-4-7-26-24(15-21)28-10-12-33-13-11-28/h4,7,14-16,18H,5-6,8-13,17H2,1-3H3,(H,27,30). The normalized spacial score (nSPS) is 18.1. The highest BCUT2D eigenvalue weighted by atomic mass is 32.2. The zero-order valence-corrected chi connectivity index (χ0v) is 21.0. The van der Waals surface area contributed by atoms with Crippen molar-refractivity contribution >= 4 is 21.7 Å². The van der Waals surface area contributed by atoms with Crippen LogP contribution in [0.2, 0.25) is 0 Å². The lowest BCUT2D eigenvalue weighted by Crippen LogP contribution is -2.38. The number of hydrogen-bond donors (Lipinski definition) is 1. The summed E-state index contributed by atoms with van der Waals surface area (Å²) in [5.74, 6) is 1.10. The second-order valence-electron chi connectivity index (χ2n) is 9.31. The highest BCUT2D eigenvalue weighted by Crippen LogP contribution is 2.28. The van der Waals surface area contributed by atoms with Gasteiger partial charge in [0.25, 0.3) is 5.91 Å². The summed E-state index contributed by atoms with van der Waals surface area (Å²) in [5.41, 5.74) is 2.77. The lowest BCUT2D eigenvalue weighted by molar-refractivity contribution is 0.0950. The molecule has 2 aliphatic heterocycles. The van der Waals surface area contributed by atoms with Gasteiger partial charge in [0.15, 0.2) is 0 Å². The smallest absolute Gasteiger partial charge is 0.251 e. The van der Waals surface area contributed by atoms with Gasteiger partial charge in [-0.1, -0.05) is 6.92 Å². The summed E-state index contributed by atoms with van der Waals surface area (Å²) < 4.78 is 33.7. The average molecular weight is 487 g/mol. The second-order valence-corrected chi connectivity index (χ2v) is 11.2. The fourth-order valence-electron chi connectivity index (χ4n) is 4.41. The van der Waals surface area contributed by atoms with E-state index in [9.17, 15) is 13.2 Å². The number of ether oxygens (including phenoxy) is 1. The second kappa shape index (κ2) is 10.4. The van der Waals surface area contributed by atoms with Crippen LogP contribution in [0.15, 0.2) is 35.4 Å². The molecule has 2 fully saturated rings. The van der Waals surface area contributed by atoms with E-state index in [0.717, 1.165) is 42.9 Å². The lowest BCUT2D eigenvalue weighted by atomic mass is 10.0. The van der Waals surface area contributed by atoms with Gasteiger partial charge in [-0.05, 0) is 73.6 Å². The lowest BCUT2D eigenvalue weighted by Gasteiger charge is -2.30. The Hall–Kier alpha value is -2.49. The Balaban J connectivity index is 1.49. The monoisotopic (exact) mass is 486 g/mol. The molecule has 0 spiro atoms. The van der Waals surface area contributed by atoms with E-state index in [0.29, 0.717) is 49.9 Å². The third-order valence-electron chi connectivity index (χ3n) is 6.84. The van der Waals surface area contributed by atoms with Crippen molar-refractivity contribution in [2.75, 3.05) is 44.3 Å². The van der Waals surface area contributed by atoms with Crippen molar-refractivity contribution < 1.29 is 17.9 Å². The maximum atomic E-state index is 13.4. The predicted molar refractivity (Wildman–Crippen MR) is 132 cm³/mol. The molecule has 0 aliphatic carbocycles. The maximum absolute atomic E-state index is 13.4. The SMILES string of the molecule is Cc1cc(C(=O)NCc2ccnc(N3CCOCC3)c2)cc(S(=O)(=O)N2CCC(C)CC2)c1C. The Morgan fingerprint density at radius 2 is 1.82 bits per heavy atom. The first-order chi connectivity index (χ1) is 16.3. The van der Waals surface area contributed by atoms with Gasteiger partial charge in [-0.3, -0.25) is 4.79 Å². The summed E-state index contributed by atoms with van der Waals surface area (Å²) in [6, 6.07) is 7.13. The highest BCUT2D eigenvalue weighted by molar-refractivity contribution is 7.89. The molecule has 1 aromatic carbocycles. The van der Waals surface area contributed by atoms with Gasteiger partial charge in [-0.2, -0.15) is 4.31 Å². The average Bonchev–Trinajstić information content (AvgIpc) is 2.85. The first kappa shape index (κ1) is 24.6. The predicted octanol–water partition coefficient (Wildman–Crippen LogP) is 2.89. The van der Waals surface area contributed by atoms with Crippen molar-refractivity contribution in [3.63, 3.8) is 0 Å². The third-order valence-corrected chi connectivity index (χ3v) is 8.87. The molecule has 0 bridgehead atoms. The van der Waals surface area contributed by atoms with Gasteiger partial charge in [-0.15, -0.1) is 0 Å². The number of pyridine rings is 1. The first-order valence-corrected chi connectivity index (χ1v) is 13.4. The van der Waals surface area contributed by atoms with E-state index >= 15 is 0 Å². The van der Waals surface area contributed by atoms with Crippen LogP contribution in [-0.2, 0) is 21.3 Å². The maximum Gasteiger partial charge on any atom is 0.251 e. The van der Waals surface area contributed by atoms with Gasteiger partial charge < -0.3 is 15.0 Å². The van der Waals surface area contributed by atoms with E-state index in [2.05, 4.69) is 22.1 Å². The van der Waals surface area contributed by atoms with Crippen molar-refractivity contribution in [2.45, 2.75) is 45.1 Å². The number of benzene rings is 1. The largest absolute Gasteiger partial charge is 0.378 e. The first-order valence-electron chi connectivity index (χ1n) is 11.9. The molecule has 1 N–H and O–H groups in total. The van der Waals surface area contributed by atoms with Gasteiger partial charge in [0.1, 0.15) is 5.82 Å². The number of nitrogens with zero attached hydrogens (tertiary/aromatic N) is 3. The number of anilines is 1. The molecule has 0 saturated carbocycles. The van der Waals surface area contributed by atoms with Crippen LogP contribution in [0.25, 0.3) is 0 Å². The zero-order valence-electron chi connectivity index (χ0n) is 20.2. The van der Waals surface area contributed by atoms with Crippen LogP contribution in [0.5, 0.6) is 0 Å². The van der Waals surface area contributed by atoms with E-state index in [1.807, 2.05) is 19.1 Å². The summed E-state index contributed by atoms with van der Waals surface area (Å²) in [6.07, 6.45) is 3.46. The zero-order chi connectivity index (χ0) is 24.3. The Bertz CT molecular complexity index is 1140. The van der Waals surface area contributed by atoms with Crippen molar-refractivity contribution in [1.82, 2.24) is 14.6 Å². The third kappa shape index (κ3) is 5.42. The molecule has 3 heterocycles. The summed E-state index contributed by atoms with van der Waals surface area (Å²) in [6.45, 7) is 10.1. The quantitative estimate of drug-likeness (QED) is 0.675. The summed E-state index contributed by atoms with van der Waals surface area (Å²) >= 11 is 0. The molecule has 2 aliphatic rings. The number of aryl methyl sites for hydroxylation is 1. The van der Waals surface area contributed by atoms with Gasteiger partial charge in [0.2, 0.25) is 10.0 Å². The Kier molecular flexibility index (Phi) is 7.54. The van der Waals surface area contributed by atoms with Crippen LogP contribution >= 0.6 is 0 Å². The molecule has 184 valence electrons. The molecular weight excluding hydrogens is 452 g/mol. The summed E-state index contributed by atoms with van der Waals surface area (Å²) in [5, 5.41) is 2.94. The van der Waals surface area contributed by atoms with Gasteiger partial charge in [-0.25, -0.2) is 13.4 Å². The molecule has 0 radical (unpaired) electrons. The number of sulfonamides is 1. The molecule has 2 aromatic rings. The number of rotatable bonds is 6. The molecule has 9 heteroatoms. The molecule has 8 nitrogen and oxygen atoms in total. The number of nitrogens with one attached hydrogen (secondary N) is 1. The van der Waals surface area contributed by atoms with E-state index in [1.165, 1.54) is 6.07 Å². The van der Waals surface area contributed by atoms with Gasteiger partial charge in [0, 0.05) is 44.5 Å². The van der Waals surface area contributed by atoms with E-state index in [-0.39, 0.29) is 10.8 Å². The summed E-state index contributed by atoms with van der Waals surface area (Å²) in [7, 11) is -3.65. The number of aromatic nitrogens is 1. The minimum Gasteiger partial charge on any atom is -0.378 e. The van der Waals surface area contributed by atoms with Crippen LogP contribution in [-0.4, -0.2) is 63.0 Å². The fraction of sp³-hybridized carbons (Fsp3) is 0.520. The fourth-order valence-corrected chi connectivity index (χ4v) is 6.20. The Labute approximate surface area is 202 Å². The Morgan fingerprint density at radius 1 is 1.12 bits per heavy atom. The van der Waals surface area contributed by atoms with E-state index < -0.39 is 10.0 Å². The molecule has 2 saturated heterocycles. The van der Waals surface area contributed by atoms with Crippen molar-refractivity contribution in [3.8, 4) is 0 Å². The molecule has 4 rings (SSSR count). The number of amides is 1. The number of morpholine rings is 1. The Morgan fingerprint density at radius 3 is 2.53 bits per heavy atom. The van der Waals surface area contributed by atoms with E-state index in [1.54, 1.807) is 23.5 Å². The van der Waals surface area contributed by atoms with Crippen LogP contribution in [0.1, 0.15) is 46.8 Å². The molecule has 1 amide bonds. The minimum absolute atomic E-state index is 0.228. The van der Waals surface area contributed by atoms with Crippen LogP contribution in [0.3, 0.4) is 0 Å².